The molecule has 0 fully saturated rings. The van der Waals surface area contributed by atoms with E-state index in [0.717, 1.165) is 5.56 Å². The third-order valence-corrected chi connectivity index (χ3v) is 3.61. The van der Waals surface area contributed by atoms with E-state index < -0.39 is 17.6 Å². The van der Waals surface area contributed by atoms with Gasteiger partial charge in [0.25, 0.3) is 0 Å². The average molecular weight is 311 g/mol. The SMILES string of the molecule is COc1ccc(CC(C(=O)C(C=O)C=O)c2ccccn2)cc1. The summed E-state index contributed by atoms with van der Waals surface area (Å²) in [5.74, 6) is -1.64. The largest absolute Gasteiger partial charge is 0.497 e. The van der Waals surface area contributed by atoms with Crippen molar-refractivity contribution in [3.63, 3.8) is 0 Å². The Bertz CT molecular complexity index is 659. The minimum Gasteiger partial charge on any atom is -0.497 e. The zero-order valence-electron chi connectivity index (χ0n) is 12.7. The van der Waals surface area contributed by atoms with Crippen LogP contribution in [0.4, 0.5) is 0 Å². The van der Waals surface area contributed by atoms with Crippen molar-refractivity contribution in [1.82, 2.24) is 4.98 Å². The standard InChI is InChI=1S/C18H17NO4/c1-23-15-7-5-13(6-8-15)10-16(17-4-2-3-9-19-17)18(22)14(11-20)12-21/h2-9,11-12,14,16H,10H2,1H3. The molecule has 1 atom stereocenters. The van der Waals surface area contributed by atoms with Crippen LogP contribution >= 0.6 is 0 Å². The van der Waals surface area contributed by atoms with Crippen LogP contribution in [0.3, 0.4) is 0 Å². The van der Waals surface area contributed by atoms with Gasteiger partial charge in [-0.2, -0.15) is 0 Å². The number of Topliss-reactive ketones (excluding diaryl/α,β-unsaturated/α-hetero) is 1. The topological polar surface area (TPSA) is 73.3 Å². The fourth-order valence-electron chi connectivity index (χ4n) is 2.33. The molecule has 5 nitrogen and oxygen atoms in total. The fraction of sp³-hybridized carbons (Fsp3) is 0.222. The quantitative estimate of drug-likeness (QED) is 0.551. The molecule has 0 radical (unpaired) electrons. The predicted molar refractivity (Wildman–Crippen MR) is 84.3 cm³/mol. The molecule has 0 saturated heterocycles. The van der Waals surface area contributed by atoms with Gasteiger partial charge in [0, 0.05) is 6.20 Å². The van der Waals surface area contributed by atoms with Crippen LogP contribution in [0.2, 0.25) is 0 Å². The van der Waals surface area contributed by atoms with Crippen LogP contribution in [0.25, 0.3) is 0 Å². The van der Waals surface area contributed by atoms with Crippen LogP contribution in [0, 0.1) is 5.92 Å². The van der Waals surface area contributed by atoms with E-state index in [0.29, 0.717) is 30.4 Å². The van der Waals surface area contributed by atoms with E-state index in [2.05, 4.69) is 4.98 Å². The molecule has 0 bridgehead atoms. The minimum absolute atomic E-state index is 0.359. The number of pyridine rings is 1. The Hall–Kier alpha value is -2.82. The predicted octanol–water partition coefficient (Wildman–Crippen LogP) is 2.00. The Morgan fingerprint density at radius 3 is 2.35 bits per heavy atom. The molecule has 2 rings (SSSR count). The second kappa shape index (κ2) is 7.98. The molecule has 1 aromatic heterocycles. The number of ether oxygens (including phenoxy) is 1. The summed E-state index contributed by atoms with van der Waals surface area (Å²) in [6.45, 7) is 0. The minimum atomic E-state index is -1.26. The molecule has 5 heteroatoms. The first kappa shape index (κ1) is 16.5. The average Bonchev–Trinajstić information content (AvgIpc) is 2.62. The number of benzene rings is 1. The zero-order chi connectivity index (χ0) is 16.7. The molecule has 2 aromatic rings. The maximum Gasteiger partial charge on any atom is 0.159 e. The molecule has 0 aliphatic rings. The van der Waals surface area contributed by atoms with Crippen LogP contribution in [-0.2, 0) is 20.8 Å². The van der Waals surface area contributed by atoms with E-state index in [9.17, 15) is 14.4 Å². The van der Waals surface area contributed by atoms with E-state index in [4.69, 9.17) is 4.74 Å². The highest BCUT2D eigenvalue weighted by Gasteiger charge is 2.28. The Morgan fingerprint density at radius 1 is 1.13 bits per heavy atom. The second-order valence-corrected chi connectivity index (χ2v) is 5.06. The number of carbonyl (C=O) groups excluding carboxylic acids is 3. The fourth-order valence-corrected chi connectivity index (χ4v) is 2.33. The van der Waals surface area contributed by atoms with E-state index in [-0.39, 0.29) is 0 Å². The molecule has 0 N–H and O–H groups in total. The highest BCUT2D eigenvalue weighted by molar-refractivity contribution is 6.08. The van der Waals surface area contributed by atoms with Crippen LogP contribution in [-0.4, -0.2) is 30.4 Å². The lowest BCUT2D eigenvalue weighted by Crippen LogP contribution is -2.26. The molecular weight excluding hydrogens is 294 g/mol. The van der Waals surface area contributed by atoms with Crippen molar-refractivity contribution in [3.05, 3.63) is 59.9 Å². The molecule has 0 aliphatic carbocycles. The molecule has 1 aromatic carbocycles. The number of nitrogens with zero attached hydrogens (tertiary/aromatic N) is 1. The van der Waals surface area contributed by atoms with Gasteiger partial charge >= 0.3 is 0 Å². The van der Waals surface area contributed by atoms with Gasteiger partial charge in [0.15, 0.2) is 5.78 Å². The third kappa shape index (κ3) is 4.10. The number of ketones is 1. The van der Waals surface area contributed by atoms with E-state index >= 15 is 0 Å². The summed E-state index contributed by atoms with van der Waals surface area (Å²) in [4.78, 5) is 38.6. The number of hydrogen-bond acceptors (Lipinski definition) is 5. The Labute approximate surface area is 134 Å². The van der Waals surface area contributed by atoms with Crippen LogP contribution in [0.15, 0.2) is 48.7 Å². The van der Waals surface area contributed by atoms with Gasteiger partial charge in [0.2, 0.25) is 0 Å². The highest BCUT2D eigenvalue weighted by atomic mass is 16.5. The number of rotatable bonds is 8. The van der Waals surface area contributed by atoms with Crippen LogP contribution < -0.4 is 4.74 Å². The summed E-state index contributed by atoms with van der Waals surface area (Å²) in [6, 6.07) is 12.5. The summed E-state index contributed by atoms with van der Waals surface area (Å²) < 4.78 is 5.11. The summed E-state index contributed by atoms with van der Waals surface area (Å²) in [5.41, 5.74) is 1.44. The molecule has 118 valence electrons. The summed E-state index contributed by atoms with van der Waals surface area (Å²) >= 11 is 0. The van der Waals surface area contributed by atoms with Crippen molar-refractivity contribution >= 4 is 18.4 Å². The van der Waals surface area contributed by atoms with Gasteiger partial charge in [-0.25, -0.2) is 0 Å². The van der Waals surface area contributed by atoms with Gasteiger partial charge in [0.1, 0.15) is 24.2 Å². The third-order valence-electron chi connectivity index (χ3n) is 3.61. The van der Waals surface area contributed by atoms with Crippen molar-refractivity contribution < 1.29 is 19.1 Å². The van der Waals surface area contributed by atoms with Gasteiger partial charge in [-0.15, -0.1) is 0 Å². The van der Waals surface area contributed by atoms with Crippen LogP contribution in [0.5, 0.6) is 5.75 Å². The zero-order valence-corrected chi connectivity index (χ0v) is 12.7. The van der Waals surface area contributed by atoms with Gasteiger partial charge < -0.3 is 14.3 Å². The number of aromatic nitrogens is 1. The summed E-state index contributed by atoms with van der Waals surface area (Å²) in [6.07, 6.45) is 2.69. The van der Waals surface area contributed by atoms with Crippen molar-refractivity contribution in [2.45, 2.75) is 12.3 Å². The monoisotopic (exact) mass is 311 g/mol. The molecule has 0 aliphatic heterocycles. The normalized spacial score (nSPS) is 11.7. The smallest absolute Gasteiger partial charge is 0.159 e. The molecule has 23 heavy (non-hydrogen) atoms. The van der Waals surface area contributed by atoms with E-state index in [1.54, 1.807) is 43.6 Å². The van der Waals surface area contributed by atoms with Crippen molar-refractivity contribution in [1.29, 1.82) is 0 Å². The Kier molecular flexibility index (Phi) is 5.74. The van der Waals surface area contributed by atoms with E-state index in [1.165, 1.54) is 0 Å². The van der Waals surface area contributed by atoms with Gasteiger partial charge in [0.05, 0.1) is 18.7 Å². The van der Waals surface area contributed by atoms with Crippen molar-refractivity contribution in [2.24, 2.45) is 5.92 Å². The molecule has 0 saturated carbocycles. The molecule has 0 spiro atoms. The van der Waals surface area contributed by atoms with Gasteiger partial charge in [-0.1, -0.05) is 18.2 Å². The summed E-state index contributed by atoms with van der Waals surface area (Å²) in [7, 11) is 1.58. The number of methoxy groups -OCH3 is 1. The van der Waals surface area contributed by atoms with Crippen molar-refractivity contribution in [3.8, 4) is 5.75 Å². The van der Waals surface area contributed by atoms with E-state index in [1.807, 2.05) is 12.1 Å². The number of hydrogen-bond donors (Lipinski definition) is 0. The first-order chi connectivity index (χ1) is 11.2. The maximum absolute atomic E-state index is 12.5. The van der Waals surface area contributed by atoms with Gasteiger partial charge in [-0.3, -0.25) is 9.78 Å². The highest BCUT2D eigenvalue weighted by Crippen LogP contribution is 2.24. The lowest BCUT2D eigenvalue weighted by molar-refractivity contribution is -0.132. The number of aldehydes is 2. The van der Waals surface area contributed by atoms with Crippen LogP contribution in [0.1, 0.15) is 17.2 Å². The first-order valence-electron chi connectivity index (χ1n) is 7.17. The summed E-state index contributed by atoms with van der Waals surface area (Å²) in [5, 5.41) is 0. The molecule has 1 heterocycles. The second-order valence-electron chi connectivity index (χ2n) is 5.06. The molecule has 1 unspecified atom stereocenters. The maximum atomic E-state index is 12.5. The first-order valence-corrected chi connectivity index (χ1v) is 7.17. The lowest BCUT2D eigenvalue weighted by Gasteiger charge is -2.17. The molecule has 0 amide bonds. The van der Waals surface area contributed by atoms with Gasteiger partial charge in [-0.05, 0) is 36.2 Å². The Morgan fingerprint density at radius 2 is 1.83 bits per heavy atom. The van der Waals surface area contributed by atoms with Crippen molar-refractivity contribution in [2.75, 3.05) is 7.11 Å². The lowest BCUT2D eigenvalue weighted by atomic mass is 9.86. The Balaban J connectivity index is 2.31. The molecular formula is C18H17NO4. The number of carbonyl (C=O) groups is 3.